The predicted octanol–water partition coefficient (Wildman–Crippen LogP) is 9.84. The van der Waals surface area contributed by atoms with E-state index in [1.807, 2.05) is 36.4 Å². The minimum atomic E-state index is -4.97. The van der Waals surface area contributed by atoms with Crippen molar-refractivity contribution in [3.63, 3.8) is 0 Å². The molecule has 0 aliphatic carbocycles. The molecule has 68 heavy (non-hydrogen) atoms. The number of rotatable bonds is 13. The fourth-order valence-corrected chi connectivity index (χ4v) is 10.1. The number of nitriles is 1. The minimum Gasteiger partial charge on any atom is -0.338 e. The molecule has 0 saturated carbocycles. The molecule has 2 aromatic heterocycles. The molecule has 0 amide bonds. The van der Waals surface area contributed by atoms with Crippen molar-refractivity contribution in [3.05, 3.63) is 144 Å². The maximum atomic E-state index is 12.5. The summed E-state index contributed by atoms with van der Waals surface area (Å²) in [6.45, 7) is 1.58. The molecule has 0 radical (unpaired) electrons. The van der Waals surface area contributed by atoms with Gasteiger partial charge in [-0.05, 0) is 83.9 Å². The number of fused-ring (bicyclic) bond motifs is 2. The summed E-state index contributed by atoms with van der Waals surface area (Å²) < 4.78 is 135. The SMILES string of the molecule is Cc1c(C#N)c(Cc2ccc(S(=O)(=O)O)cc2)nc(Nc2ccc(S(=O)(=O)O)cc2)c1N=Nc1nc(-c2ccc3ccccc3c2)c(N=Nc2cc(S(=O)(=O)O)c3cccc(S(=O)(=O)O)c3c2)s1. The molecule has 0 saturated heterocycles. The van der Waals surface area contributed by atoms with E-state index in [9.17, 15) is 57.1 Å². The summed E-state index contributed by atoms with van der Waals surface area (Å²) >= 11 is 0.874. The zero-order chi connectivity index (χ0) is 48.8. The van der Waals surface area contributed by atoms with Crippen molar-refractivity contribution in [3.8, 4) is 17.3 Å². The van der Waals surface area contributed by atoms with Crippen molar-refractivity contribution < 1.29 is 51.9 Å². The van der Waals surface area contributed by atoms with E-state index in [1.165, 1.54) is 54.6 Å². The normalized spacial score (nSPS) is 12.6. The molecule has 0 aliphatic heterocycles. The van der Waals surface area contributed by atoms with Crippen molar-refractivity contribution in [2.75, 3.05) is 5.32 Å². The van der Waals surface area contributed by atoms with Gasteiger partial charge in [0, 0.05) is 34.0 Å². The Hall–Kier alpha value is -7.25. The Bertz CT molecular complexity index is 3930. The first-order valence-corrected chi connectivity index (χ1v) is 25.8. The van der Waals surface area contributed by atoms with E-state index in [0.29, 0.717) is 11.1 Å². The molecule has 8 aromatic rings. The van der Waals surface area contributed by atoms with Gasteiger partial charge in [-0.3, -0.25) is 18.2 Å². The topological polar surface area (TPSA) is 329 Å². The average Bonchev–Trinajstić information content (AvgIpc) is 3.69. The first kappa shape index (κ1) is 47.3. The highest BCUT2D eigenvalue weighted by atomic mass is 32.2. The van der Waals surface area contributed by atoms with Crippen LogP contribution in [0, 0.1) is 18.3 Å². The first-order valence-electron chi connectivity index (χ1n) is 19.3. The molecule has 2 heterocycles. The third kappa shape index (κ3) is 10.2. The van der Waals surface area contributed by atoms with E-state index in [4.69, 9.17) is 9.97 Å². The predicted molar refractivity (Wildman–Crippen MR) is 249 cm³/mol. The van der Waals surface area contributed by atoms with Crippen molar-refractivity contribution in [2.24, 2.45) is 20.5 Å². The van der Waals surface area contributed by atoms with Crippen LogP contribution >= 0.6 is 11.3 Å². The molecule has 0 unspecified atom stereocenters. The van der Waals surface area contributed by atoms with Crippen LogP contribution in [0.15, 0.2) is 161 Å². The molecular weight excluding hydrogens is 981 g/mol. The fourth-order valence-electron chi connectivity index (χ4n) is 7.00. The third-order valence-electron chi connectivity index (χ3n) is 10.2. The standard InChI is InChI=1S/C43H30N8O12S5/c1-24-35(23-44)36(19-25-9-15-31(16-10-25)65(52,53)54)46-41(45-29-13-17-32(18-14-29)66(55,56)57)39(24)49-51-43-47-40(28-12-11-26-5-2-3-6-27(26)20-28)42(64-43)50-48-30-21-34-33(38(22-30)68(61,62)63)7-4-8-37(34)67(58,59)60/h2-18,20-22H,19H2,1H3,(H,45,46)(H,52,53,54)(H,55,56,57)(H,58,59,60)(H,61,62,63). The van der Waals surface area contributed by atoms with E-state index >= 15 is 0 Å². The van der Waals surface area contributed by atoms with E-state index in [1.54, 1.807) is 13.0 Å². The quantitative estimate of drug-likeness (QED) is 0.0529. The number of pyridine rings is 1. The Balaban J connectivity index is 1.26. The molecule has 8 rings (SSSR count). The molecule has 344 valence electrons. The Morgan fingerprint density at radius 2 is 1.28 bits per heavy atom. The zero-order valence-corrected chi connectivity index (χ0v) is 38.6. The third-order valence-corrected chi connectivity index (χ3v) is 14.5. The maximum Gasteiger partial charge on any atom is 0.295 e. The van der Waals surface area contributed by atoms with Gasteiger partial charge in [0.15, 0.2) is 10.8 Å². The van der Waals surface area contributed by atoms with Gasteiger partial charge in [0.05, 0.1) is 26.7 Å². The summed E-state index contributed by atoms with van der Waals surface area (Å²) in [6.07, 6.45) is -0.000685. The molecular formula is C43H30N8O12S5. The van der Waals surface area contributed by atoms with Gasteiger partial charge in [-0.1, -0.05) is 72.0 Å². The minimum absolute atomic E-state index is 0.000685. The smallest absolute Gasteiger partial charge is 0.295 e. The van der Waals surface area contributed by atoms with Crippen molar-refractivity contribution in [1.82, 2.24) is 9.97 Å². The average molecular weight is 1010 g/mol. The van der Waals surface area contributed by atoms with Crippen LogP contribution in [0.5, 0.6) is 0 Å². The Morgan fingerprint density at radius 1 is 0.632 bits per heavy atom. The van der Waals surface area contributed by atoms with Crippen LogP contribution < -0.4 is 5.32 Å². The number of benzene rings is 6. The van der Waals surface area contributed by atoms with Crippen LogP contribution in [0.3, 0.4) is 0 Å². The van der Waals surface area contributed by atoms with Crippen LogP contribution in [-0.2, 0) is 46.9 Å². The molecule has 0 bridgehead atoms. The lowest BCUT2D eigenvalue weighted by atomic mass is 10.0. The molecule has 25 heteroatoms. The second-order valence-corrected chi connectivity index (χ2v) is 21.2. The summed E-state index contributed by atoms with van der Waals surface area (Å²) in [7, 11) is -18.9. The van der Waals surface area contributed by atoms with Gasteiger partial charge >= 0.3 is 0 Å². The molecule has 0 atom stereocenters. The largest absolute Gasteiger partial charge is 0.338 e. The summed E-state index contributed by atoms with van der Waals surface area (Å²) in [4.78, 5) is 7.30. The molecule has 5 N–H and O–H groups in total. The van der Waals surface area contributed by atoms with E-state index < -0.39 is 50.3 Å². The van der Waals surface area contributed by atoms with Crippen LogP contribution in [0.4, 0.5) is 33.0 Å². The van der Waals surface area contributed by atoms with Crippen molar-refractivity contribution in [1.29, 1.82) is 5.26 Å². The summed E-state index contributed by atoms with van der Waals surface area (Å²) in [6, 6.07) is 30.9. The number of hydrogen-bond acceptors (Lipinski definition) is 17. The number of nitrogens with one attached hydrogen (secondary N) is 1. The number of thiazole rings is 1. The number of nitrogens with zero attached hydrogens (tertiary/aromatic N) is 7. The highest BCUT2D eigenvalue weighted by Gasteiger charge is 2.23. The molecule has 20 nitrogen and oxygen atoms in total. The Labute approximate surface area is 391 Å². The molecule has 0 spiro atoms. The van der Waals surface area contributed by atoms with Gasteiger partial charge in [-0.25, -0.2) is 9.97 Å². The van der Waals surface area contributed by atoms with Crippen LogP contribution in [-0.4, -0.2) is 61.9 Å². The number of azo groups is 2. The van der Waals surface area contributed by atoms with Crippen molar-refractivity contribution in [2.45, 2.75) is 32.9 Å². The highest BCUT2D eigenvalue weighted by Crippen LogP contribution is 2.43. The second kappa shape index (κ2) is 18.1. The van der Waals surface area contributed by atoms with Gasteiger partial charge in [-0.15, -0.1) is 20.5 Å². The number of anilines is 2. The fraction of sp³-hybridized carbons (Fsp3) is 0.0465. The van der Waals surface area contributed by atoms with Gasteiger partial charge in [0.25, 0.3) is 40.5 Å². The highest BCUT2D eigenvalue weighted by molar-refractivity contribution is 7.86. The van der Waals surface area contributed by atoms with Crippen LogP contribution in [0.1, 0.15) is 22.4 Å². The van der Waals surface area contributed by atoms with Gasteiger partial charge in [-0.2, -0.15) is 38.9 Å². The number of aromatic nitrogens is 2. The lowest BCUT2D eigenvalue weighted by Crippen LogP contribution is -2.05. The maximum absolute atomic E-state index is 12.5. The second-order valence-electron chi connectivity index (χ2n) is 14.6. The molecule has 0 aliphatic rings. The lowest BCUT2D eigenvalue weighted by Gasteiger charge is -2.15. The summed E-state index contributed by atoms with van der Waals surface area (Å²) in [5, 5.41) is 32.2. The van der Waals surface area contributed by atoms with E-state index in [2.05, 4.69) is 31.8 Å². The first-order chi connectivity index (χ1) is 32.1. The van der Waals surface area contributed by atoms with Gasteiger partial charge in [0.2, 0.25) is 5.13 Å². The molecule has 0 fully saturated rings. The Morgan fingerprint density at radius 3 is 1.91 bits per heavy atom. The van der Waals surface area contributed by atoms with Gasteiger partial charge < -0.3 is 5.32 Å². The zero-order valence-electron chi connectivity index (χ0n) is 34.5. The number of hydrogen-bond donors (Lipinski definition) is 5. The molecule has 6 aromatic carbocycles. The van der Waals surface area contributed by atoms with Crippen LogP contribution in [0.25, 0.3) is 32.8 Å². The van der Waals surface area contributed by atoms with E-state index in [-0.39, 0.29) is 82.5 Å². The Kier molecular flexibility index (Phi) is 12.6. The summed E-state index contributed by atoms with van der Waals surface area (Å²) in [5.41, 5.74) is 1.92. The summed E-state index contributed by atoms with van der Waals surface area (Å²) in [5.74, 6) is 0.0239. The van der Waals surface area contributed by atoms with Crippen LogP contribution in [0.2, 0.25) is 0 Å². The lowest BCUT2D eigenvalue weighted by molar-refractivity contribution is 0.481. The monoisotopic (exact) mass is 1010 g/mol. The van der Waals surface area contributed by atoms with Crippen molar-refractivity contribution >= 4 is 106 Å². The van der Waals surface area contributed by atoms with Gasteiger partial charge in [0.1, 0.15) is 27.2 Å². The van der Waals surface area contributed by atoms with E-state index in [0.717, 1.165) is 46.4 Å².